The number of pyridine rings is 1. The Bertz CT molecular complexity index is 1320. The zero-order chi connectivity index (χ0) is 24.9. The Hall–Kier alpha value is -3.14. The Kier molecular flexibility index (Phi) is 6.18. The van der Waals surface area contributed by atoms with Crippen molar-refractivity contribution in [2.75, 3.05) is 5.32 Å². The summed E-state index contributed by atoms with van der Waals surface area (Å²) in [5.41, 5.74) is -1.90. The number of carboxylic acid groups (broad SMARTS) is 1. The van der Waals surface area contributed by atoms with E-state index in [2.05, 4.69) is 15.3 Å². The van der Waals surface area contributed by atoms with Gasteiger partial charge in [0.15, 0.2) is 5.69 Å². The Morgan fingerprint density at radius 3 is 2.42 bits per heavy atom. The third-order valence-corrected chi connectivity index (χ3v) is 5.73. The lowest BCUT2D eigenvalue weighted by Crippen LogP contribution is -2.42. The molecule has 0 unspecified atom stereocenters. The third-order valence-electron chi connectivity index (χ3n) is 5.52. The van der Waals surface area contributed by atoms with Crippen molar-refractivity contribution in [1.29, 1.82) is 0 Å². The SMILES string of the molecule is Cc1cc([C@@H](C)Nc2ccc(Cl)nc2C(=O)O)c2nc(C(C)(C)C(F)(F)F)n(C)c(=O)c2c1. The first-order valence-corrected chi connectivity index (χ1v) is 10.3. The van der Waals surface area contributed by atoms with E-state index < -0.39 is 35.0 Å². The summed E-state index contributed by atoms with van der Waals surface area (Å²) in [5, 5.41) is 12.6. The zero-order valence-corrected chi connectivity index (χ0v) is 19.3. The lowest BCUT2D eigenvalue weighted by atomic mass is 9.90. The molecule has 0 bridgehead atoms. The van der Waals surface area contributed by atoms with Gasteiger partial charge in [-0.3, -0.25) is 9.36 Å². The van der Waals surface area contributed by atoms with Gasteiger partial charge in [-0.25, -0.2) is 14.8 Å². The summed E-state index contributed by atoms with van der Waals surface area (Å²) < 4.78 is 42.2. The molecule has 2 heterocycles. The lowest BCUT2D eigenvalue weighted by molar-refractivity contribution is -0.183. The molecule has 0 radical (unpaired) electrons. The van der Waals surface area contributed by atoms with Crippen LogP contribution >= 0.6 is 11.6 Å². The molecule has 0 saturated heterocycles. The maximum Gasteiger partial charge on any atom is 0.400 e. The number of hydrogen-bond acceptors (Lipinski definition) is 5. The molecule has 0 saturated carbocycles. The van der Waals surface area contributed by atoms with Crippen LogP contribution in [0.4, 0.5) is 18.9 Å². The number of aromatic carboxylic acids is 1. The van der Waals surface area contributed by atoms with Gasteiger partial charge >= 0.3 is 12.1 Å². The summed E-state index contributed by atoms with van der Waals surface area (Å²) in [7, 11) is 1.26. The van der Waals surface area contributed by atoms with Crippen LogP contribution < -0.4 is 10.9 Å². The van der Waals surface area contributed by atoms with Crippen LogP contribution in [-0.4, -0.2) is 31.8 Å². The largest absolute Gasteiger partial charge is 0.476 e. The minimum absolute atomic E-state index is 0.00389. The monoisotopic (exact) mass is 482 g/mol. The second-order valence-electron chi connectivity index (χ2n) is 8.37. The van der Waals surface area contributed by atoms with E-state index in [1.54, 1.807) is 26.0 Å². The smallest absolute Gasteiger partial charge is 0.400 e. The highest BCUT2D eigenvalue weighted by molar-refractivity contribution is 6.29. The fourth-order valence-electron chi connectivity index (χ4n) is 3.59. The molecule has 3 aromatic rings. The lowest BCUT2D eigenvalue weighted by Gasteiger charge is -2.29. The zero-order valence-electron chi connectivity index (χ0n) is 18.5. The van der Waals surface area contributed by atoms with Crippen LogP contribution in [0, 0.1) is 6.92 Å². The van der Waals surface area contributed by atoms with E-state index in [0.29, 0.717) is 11.1 Å². The summed E-state index contributed by atoms with van der Waals surface area (Å²) in [6.45, 7) is 5.36. The average Bonchev–Trinajstić information content (AvgIpc) is 2.70. The van der Waals surface area contributed by atoms with Gasteiger partial charge in [0.25, 0.3) is 5.56 Å². The van der Waals surface area contributed by atoms with E-state index in [9.17, 15) is 27.9 Å². The number of nitrogens with zero attached hydrogens (tertiary/aromatic N) is 3. The highest BCUT2D eigenvalue weighted by Crippen LogP contribution is 2.40. The van der Waals surface area contributed by atoms with Gasteiger partial charge in [0.05, 0.1) is 22.6 Å². The number of halogens is 4. The molecular weight excluding hydrogens is 461 g/mol. The standard InChI is InChI=1S/C22H22ClF3N4O3/c1-10-8-12(11(2)27-14-6-7-15(23)28-17(14)19(32)33)16-13(9-10)18(31)30(5)20(29-16)21(3,4)22(24,25)26/h6-9,11,27H,1-5H3,(H,32,33)/t11-/m1/s1. The molecule has 0 aliphatic rings. The first-order valence-electron chi connectivity index (χ1n) is 9.90. The molecule has 7 nitrogen and oxygen atoms in total. The normalized spacial score (nSPS) is 13.2. The number of alkyl halides is 3. The van der Waals surface area contributed by atoms with Gasteiger partial charge in [-0.05, 0) is 51.5 Å². The third kappa shape index (κ3) is 4.39. The number of benzene rings is 1. The summed E-state index contributed by atoms with van der Waals surface area (Å²) in [4.78, 5) is 32.7. The van der Waals surface area contributed by atoms with Crippen molar-refractivity contribution in [2.45, 2.75) is 45.3 Å². The second kappa shape index (κ2) is 8.33. The molecule has 1 aromatic carbocycles. The maximum atomic E-state index is 13.8. The van der Waals surface area contributed by atoms with Crippen LogP contribution in [0.5, 0.6) is 0 Å². The van der Waals surface area contributed by atoms with Gasteiger partial charge in [-0.2, -0.15) is 13.2 Å². The highest BCUT2D eigenvalue weighted by atomic mass is 35.5. The van der Waals surface area contributed by atoms with Gasteiger partial charge in [0, 0.05) is 12.6 Å². The van der Waals surface area contributed by atoms with Gasteiger partial charge in [-0.15, -0.1) is 0 Å². The molecule has 2 N–H and O–H groups in total. The second-order valence-corrected chi connectivity index (χ2v) is 8.76. The molecule has 0 spiro atoms. The Morgan fingerprint density at radius 2 is 1.85 bits per heavy atom. The van der Waals surface area contributed by atoms with Crippen molar-refractivity contribution in [3.8, 4) is 0 Å². The van der Waals surface area contributed by atoms with Crippen molar-refractivity contribution in [3.05, 3.63) is 62.4 Å². The van der Waals surface area contributed by atoms with Crippen molar-refractivity contribution >= 4 is 34.2 Å². The number of carboxylic acids is 1. The fourth-order valence-corrected chi connectivity index (χ4v) is 3.74. The van der Waals surface area contributed by atoms with Gasteiger partial charge in [0.1, 0.15) is 16.4 Å². The summed E-state index contributed by atoms with van der Waals surface area (Å²) in [5.74, 6) is -1.73. The van der Waals surface area contributed by atoms with Crippen molar-refractivity contribution in [3.63, 3.8) is 0 Å². The number of hydrogen-bond donors (Lipinski definition) is 2. The molecule has 0 aliphatic heterocycles. The van der Waals surface area contributed by atoms with E-state index >= 15 is 0 Å². The van der Waals surface area contributed by atoms with E-state index in [1.165, 1.54) is 19.2 Å². The van der Waals surface area contributed by atoms with E-state index in [0.717, 1.165) is 18.4 Å². The Morgan fingerprint density at radius 1 is 1.21 bits per heavy atom. The van der Waals surface area contributed by atoms with E-state index in [-0.39, 0.29) is 27.4 Å². The molecular formula is C22H22ClF3N4O3. The van der Waals surface area contributed by atoms with Crippen LogP contribution in [0.15, 0.2) is 29.1 Å². The van der Waals surface area contributed by atoms with Gasteiger partial charge in [-0.1, -0.05) is 17.7 Å². The summed E-state index contributed by atoms with van der Waals surface area (Å²) >= 11 is 5.80. The molecule has 176 valence electrons. The van der Waals surface area contributed by atoms with Crippen LogP contribution in [0.25, 0.3) is 10.9 Å². The van der Waals surface area contributed by atoms with Crippen LogP contribution in [-0.2, 0) is 12.5 Å². The van der Waals surface area contributed by atoms with Crippen LogP contribution in [0.3, 0.4) is 0 Å². The number of aryl methyl sites for hydroxylation is 1. The number of carbonyl (C=O) groups is 1. The fraction of sp³-hybridized carbons (Fsp3) is 0.364. The molecule has 11 heteroatoms. The molecule has 33 heavy (non-hydrogen) atoms. The highest BCUT2D eigenvalue weighted by Gasteiger charge is 2.51. The predicted octanol–water partition coefficient (Wildman–Crippen LogP) is 5.00. The molecule has 1 atom stereocenters. The maximum absolute atomic E-state index is 13.8. The summed E-state index contributed by atoms with van der Waals surface area (Å²) in [6.07, 6.45) is -4.64. The molecule has 0 amide bonds. The van der Waals surface area contributed by atoms with Gasteiger partial charge < -0.3 is 10.4 Å². The predicted molar refractivity (Wildman–Crippen MR) is 119 cm³/mol. The van der Waals surface area contributed by atoms with Crippen LogP contribution in [0.2, 0.25) is 5.15 Å². The Balaban J connectivity index is 2.24. The molecule has 2 aromatic heterocycles. The average molecular weight is 483 g/mol. The first-order chi connectivity index (χ1) is 15.1. The van der Waals surface area contributed by atoms with Gasteiger partial charge in [0.2, 0.25) is 0 Å². The molecule has 0 aliphatic carbocycles. The van der Waals surface area contributed by atoms with E-state index in [1.807, 2.05) is 0 Å². The molecule has 3 rings (SSSR count). The number of nitrogens with one attached hydrogen (secondary N) is 1. The quantitative estimate of drug-likeness (QED) is 0.497. The van der Waals surface area contributed by atoms with Crippen molar-refractivity contribution in [1.82, 2.24) is 14.5 Å². The number of rotatable bonds is 5. The van der Waals surface area contributed by atoms with Crippen molar-refractivity contribution < 1.29 is 23.1 Å². The Labute approximate surface area is 192 Å². The topological polar surface area (TPSA) is 97.1 Å². The molecule has 0 fully saturated rings. The minimum atomic E-state index is -4.64. The number of fused-ring (bicyclic) bond motifs is 1. The number of anilines is 1. The number of aromatic nitrogens is 3. The van der Waals surface area contributed by atoms with Crippen LogP contribution in [0.1, 0.15) is 54.3 Å². The summed E-state index contributed by atoms with van der Waals surface area (Å²) in [6, 6.07) is 5.49. The van der Waals surface area contributed by atoms with E-state index in [4.69, 9.17) is 11.6 Å². The first kappa shape index (κ1) is 24.5. The van der Waals surface area contributed by atoms with Crippen molar-refractivity contribution in [2.24, 2.45) is 7.05 Å². The minimum Gasteiger partial charge on any atom is -0.476 e.